The van der Waals surface area contributed by atoms with E-state index in [-0.39, 0.29) is 0 Å². The van der Waals surface area contributed by atoms with Gasteiger partial charge in [-0.25, -0.2) is 14.6 Å². The van der Waals surface area contributed by atoms with E-state index in [2.05, 4.69) is 15.1 Å². The number of anilines is 1. The Morgan fingerprint density at radius 2 is 1.67 bits per heavy atom. The van der Waals surface area contributed by atoms with E-state index < -0.39 is 40.7 Å². The number of fused-ring (bicyclic) bond motifs is 1. The van der Waals surface area contributed by atoms with Crippen LogP contribution in [0.3, 0.4) is 0 Å². The predicted molar refractivity (Wildman–Crippen MR) is 85.2 cm³/mol. The van der Waals surface area contributed by atoms with Crippen LogP contribution in [0.5, 0.6) is 0 Å². The molecule has 11 heteroatoms. The topological polar surface area (TPSA) is 69.6 Å². The van der Waals surface area contributed by atoms with Gasteiger partial charge in [-0.1, -0.05) is 13.0 Å². The first-order valence-electron chi connectivity index (χ1n) is 7.73. The minimum Gasteiger partial charge on any atom is -0.383 e. The van der Waals surface area contributed by atoms with E-state index in [9.17, 15) is 26.3 Å². The van der Waals surface area contributed by atoms with Crippen LogP contribution in [-0.2, 0) is 18.8 Å². The van der Waals surface area contributed by atoms with Crippen molar-refractivity contribution in [3.63, 3.8) is 0 Å². The van der Waals surface area contributed by atoms with E-state index in [4.69, 9.17) is 5.73 Å². The summed E-state index contributed by atoms with van der Waals surface area (Å²) < 4.78 is 79.6. The summed E-state index contributed by atoms with van der Waals surface area (Å²) in [5, 5.41) is 3.02. The van der Waals surface area contributed by atoms with Crippen molar-refractivity contribution in [1.29, 1.82) is 0 Å². The van der Waals surface area contributed by atoms with Crippen molar-refractivity contribution in [3.8, 4) is 5.69 Å². The number of nitrogens with zero attached hydrogens (tertiary/aromatic N) is 4. The lowest BCUT2D eigenvalue weighted by Gasteiger charge is -2.11. The fourth-order valence-corrected chi connectivity index (χ4v) is 2.71. The Bertz CT molecular complexity index is 1020. The van der Waals surface area contributed by atoms with Gasteiger partial charge in [0.1, 0.15) is 5.82 Å². The fourth-order valence-electron chi connectivity index (χ4n) is 2.71. The third-order valence-corrected chi connectivity index (χ3v) is 3.87. The molecule has 0 saturated carbocycles. The molecular weight excluding hydrogens is 376 g/mol. The number of nitrogen functional groups attached to an aromatic ring is 1. The molecule has 3 rings (SSSR count). The third kappa shape index (κ3) is 3.40. The van der Waals surface area contributed by atoms with E-state index in [1.807, 2.05) is 13.0 Å². The van der Waals surface area contributed by atoms with Crippen molar-refractivity contribution in [1.82, 2.24) is 19.7 Å². The van der Waals surface area contributed by atoms with Crippen molar-refractivity contribution >= 4 is 16.9 Å². The van der Waals surface area contributed by atoms with Crippen LogP contribution in [0.4, 0.5) is 32.2 Å². The Morgan fingerprint density at radius 1 is 1.00 bits per heavy atom. The first kappa shape index (κ1) is 18.9. The normalized spacial score (nSPS) is 12.7. The number of benzene rings is 1. The van der Waals surface area contributed by atoms with Crippen molar-refractivity contribution < 1.29 is 26.3 Å². The summed E-state index contributed by atoms with van der Waals surface area (Å²) in [5.74, 6) is -2.41. The molecule has 2 N–H and O–H groups in total. The Kier molecular flexibility index (Phi) is 4.28. The van der Waals surface area contributed by atoms with Gasteiger partial charge in [0.15, 0.2) is 11.3 Å². The number of rotatable bonds is 2. The predicted octanol–water partition coefficient (Wildman–Crippen LogP) is 4.31. The summed E-state index contributed by atoms with van der Waals surface area (Å²) in [6, 6.07) is 5.11. The molecule has 5 nitrogen and oxygen atoms in total. The third-order valence-electron chi connectivity index (χ3n) is 3.87. The maximum atomic E-state index is 13.3. The van der Waals surface area contributed by atoms with Gasteiger partial charge in [0, 0.05) is 0 Å². The lowest BCUT2D eigenvalue weighted by molar-refractivity contribution is -0.151. The van der Waals surface area contributed by atoms with Crippen LogP contribution in [0.2, 0.25) is 0 Å². The second kappa shape index (κ2) is 6.10. The molecule has 144 valence electrons. The summed E-state index contributed by atoms with van der Waals surface area (Å²) in [4.78, 5) is 5.81. The van der Waals surface area contributed by atoms with Crippen LogP contribution >= 0.6 is 0 Å². The Hall–Kier alpha value is -2.85. The molecule has 0 unspecified atom stereocenters. The van der Waals surface area contributed by atoms with Crippen molar-refractivity contribution in [2.75, 3.05) is 5.73 Å². The average Bonchev–Trinajstić information content (AvgIpc) is 2.88. The van der Waals surface area contributed by atoms with E-state index in [0.717, 1.165) is 15.8 Å². The number of halogens is 6. The first-order chi connectivity index (χ1) is 12.4. The van der Waals surface area contributed by atoms with Crippen molar-refractivity contribution in [2.45, 2.75) is 32.6 Å². The van der Waals surface area contributed by atoms with Gasteiger partial charge in [0.25, 0.3) is 0 Å². The smallest absolute Gasteiger partial charge is 0.383 e. The van der Waals surface area contributed by atoms with Crippen LogP contribution < -0.4 is 5.73 Å². The second-order valence-corrected chi connectivity index (χ2v) is 5.92. The van der Waals surface area contributed by atoms with Gasteiger partial charge in [-0.2, -0.15) is 26.3 Å². The largest absolute Gasteiger partial charge is 0.451 e. The zero-order chi connectivity index (χ0) is 20.1. The second-order valence-electron chi connectivity index (χ2n) is 5.92. The van der Waals surface area contributed by atoms with Crippen LogP contribution in [0.1, 0.15) is 29.6 Å². The highest BCUT2D eigenvalue weighted by atomic mass is 19.4. The molecule has 0 fully saturated rings. The minimum absolute atomic E-state index is 0.323. The van der Waals surface area contributed by atoms with Gasteiger partial charge in [-0.3, -0.25) is 0 Å². The molecule has 3 aromatic rings. The Balaban J connectivity index is 2.36. The molecule has 0 amide bonds. The van der Waals surface area contributed by atoms with Gasteiger partial charge < -0.3 is 5.73 Å². The van der Waals surface area contributed by atoms with Crippen LogP contribution in [-0.4, -0.2) is 19.7 Å². The number of nitrogens with two attached hydrogens (primary N) is 1. The molecule has 0 spiro atoms. The molecule has 0 radical (unpaired) electrons. The van der Waals surface area contributed by atoms with Gasteiger partial charge in [0.05, 0.1) is 11.1 Å². The highest BCUT2D eigenvalue weighted by Gasteiger charge is 2.43. The van der Waals surface area contributed by atoms with Crippen molar-refractivity contribution in [3.05, 3.63) is 40.8 Å². The average molecular weight is 389 g/mol. The zero-order valence-corrected chi connectivity index (χ0v) is 14.1. The van der Waals surface area contributed by atoms with Crippen LogP contribution in [0, 0.1) is 6.92 Å². The molecule has 0 aliphatic heterocycles. The summed E-state index contributed by atoms with van der Waals surface area (Å²) in [6.07, 6.45) is -9.68. The standard InChI is InChI=1S/C16H13F6N5/c1-3-8-4-7(2)5-9(6-8)27-12(23)10-11(15(17,18)19)24-14(16(20,21)22)25-13(10)26-27/h4-6H,3,23H2,1-2H3. The Labute approximate surface area is 148 Å². The lowest BCUT2D eigenvalue weighted by Crippen LogP contribution is -2.17. The molecule has 0 aliphatic carbocycles. The number of aryl methyl sites for hydroxylation is 2. The number of hydrogen-bond donors (Lipinski definition) is 1. The minimum atomic E-state index is -5.16. The van der Waals surface area contributed by atoms with Gasteiger partial charge >= 0.3 is 12.4 Å². The maximum absolute atomic E-state index is 13.3. The van der Waals surface area contributed by atoms with E-state index >= 15 is 0 Å². The highest BCUT2D eigenvalue weighted by molar-refractivity contribution is 5.90. The van der Waals surface area contributed by atoms with E-state index in [1.54, 1.807) is 19.1 Å². The zero-order valence-electron chi connectivity index (χ0n) is 14.1. The number of alkyl halides is 6. The number of aromatic nitrogens is 4. The van der Waals surface area contributed by atoms with E-state index in [0.29, 0.717) is 12.1 Å². The van der Waals surface area contributed by atoms with Crippen molar-refractivity contribution in [2.24, 2.45) is 0 Å². The first-order valence-corrected chi connectivity index (χ1v) is 7.73. The summed E-state index contributed by atoms with van der Waals surface area (Å²) in [6.45, 7) is 3.65. The Morgan fingerprint density at radius 3 is 2.22 bits per heavy atom. The monoisotopic (exact) mass is 389 g/mol. The van der Waals surface area contributed by atoms with Crippen LogP contribution in [0.25, 0.3) is 16.7 Å². The maximum Gasteiger partial charge on any atom is 0.451 e. The quantitative estimate of drug-likeness (QED) is 0.664. The molecule has 2 aromatic heterocycles. The molecule has 0 bridgehead atoms. The SMILES string of the molecule is CCc1cc(C)cc(-n2nc3nc(C(F)(F)F)nc(C(F)(F)F)c3c2N)c1. The molecule has 0 saturated heterocycles. The van der Waals surface area contributed by atoms with Gasteiger partial charge in [-0.05, 0) is 36.6 Å². The highest BCUT2D eigenvalue weighted by Crippen LogP contribution is 2.38. The molecule has 0 atom stereocenters. The van der Waals surface area contributed by atoms with Gasteiger partial charge in [-0.15, -0.1) is 5.10 Å². The van der Waals surface area contributed by atoms with Gasteiger partial charge in [0.2, 0.25) is 5.82 Å². The molecular formula is C16H13F6N5. The summed E-state index contributed by atoms with van der Waals surface area (Å²) in [5.41, 5.74) is 5.24. The molecule has 2 heterocycles. The molecule has 27 heavy (non-hydrogen) atoms. The fraction of sp³-hybridized carbons (Fsp3) is 0.312. The van der Waals surface area contributed by atoms with Crippen LogP contribution in [0.15, 0.2) is 18.2 Å². The molecule has 0 aliphatic rings. The van der Waals surface area contributed by atoms with E-state index in [1.165, 1.54) is 0 Å². The number of hydrogen-bond acceptors (Lipinski definition) is 4. The summed E-state index contributed by atoms with van der Waals surface area (Å²) >= 11 is 0. The molecule has 1 aromatic carbocycles. The lowest BCUT2D eigenvalue weighted by atomic mass is 10.1. The summed E-state index contributed by atoms with van der Waals surface area (Å²) in [7, 11) is 0.